The van der Waals surface area contributed by atoms with Crippen LogP contribution in [0.15, 0.2) is 39.5 Å². The Hall–Kier alpha value is -3.49. The number of likely N-dealkylation sites (tertiary alicyclic amines) is 2. The molecule has 2 aliphatic rings. The van der Waals surface area contributed by atoms with E-state index in [0.29, 0.717) is 54.9 Å². The van der Waals surface area contributed by atoms with Crippen LogP contribution in [0.2, 0.25) is 0 Å². The molecule has 3 aromatic heterocycles. The van der Waals surface area contributed by atoms with Crippen LogP contribution in [-0.4, -0.2) is 62.4 Å². The molecule has 2 aliphatic heterocycles. The molecule has 0 bridgehead atoms. The Kier molecular flexibility index (Phi) is 5.70. The molecule has 2 fully saturated rings. The van der Waals surface area contributed by atoms with Gasteiger partial charge in [0, 0.05) is 37.6 Å². The van der Waals surface area contributed by atoms with E-state index in [1.54, 1.807) is 30.3 Å². The molecule has 0 saturated carbocycles. The van der Waals surface area contributed by atoms with Gasteiger partial charge in [-0.15, -0.1) is 0 Å². The van der Waals surface area contributed by atoms with Crippen molar-refractivity contribution in [3.8, 4) is 11.4 Å². The van der Waals surface area contributed by atoms with Gasteiger partial charge in [-0.25, -0.2) is 0 Å². The maximum Gasteiger partial charge on any atom is 0.258 e. The number of amides is 2. The van der Waals surface area contributed by atoms with E-state index in [1.807, 2.05) is 24.0 Å². The number of nitrogens with zero attached hydrogens (tertiary/aromatic N) is 5. The highest BCUT2D eigenvalue weighted by atomic mass is 16.5. The Labute approximate surface area is 191 Å². The van der Waals surface area contributed by atoms with E-state index in [9.17, 15) is 9.59 Å². The minimum absolute atomic E-state index is 0.00424. The lowest BCUT2D eigenvalue weighted by Crippen LogP contribution is -2.50. The molecule has 9 heteroatoms. The molecule has 0 spiro atoms. The first-order valence-electron chi connectivity index (χ1n) is 11.4. The number of carbonyl (C=O) groups is 2. The van der Waals surface area contributed by atoms with Crippen molar-refractivity contribution in [1.29, 1.82) is 0 Å². The zero-order valence-corrected chi connectivity index (χ0v) is 18.9. The molecule has 172 valence electrons. The smallest absolute Gasteiger partial charge is 0.258 e. The summed E-state index contributed by atoms with van der Waals surface area (Å²) in [5.41, 5.74) is 1.33. The number of hydrogen-bond acceptors (Lipinski definition) is 7. The average Bonchev–Trinajstić information content (AvgIpc) is 3.59. The first kappa shape index (κ1) is 21.4. The Balaban J connectivity index is 1.29. The molecular weight excluding hydrogens is 422 g/mol. The lowest BCUT2D eigenvalue weighted by atomic mass is 9.97. The van der Waals surface area contributed by atoms with Crippen molar-refractivity contribution in [3.63, 3.8) is 0 Å². The van der Waals surface area contributed by atoms with E-state index in [0.717, 1.165) is 24.8 Å². The monoisotopic (exact) mass is 449 g/mol. The first-order valence-corrected chi connectivity index (χ1v) is 11.4. The lowest BCUT2D eigenvalue weighted by molar-refractivity contribution is -0.136. The SMILES string of the molecule is Cc1cc(C(=O)N2CCC[C@H]2C(=O)N2CCC[C@@H](c3nc(-c4cccnc4)no3)C2)c(C)o1. The van der Waals surface area contributed by atoms with Gasteiger partial charge in [0.2, 0.25) is 17.6 Å². The third-order valence-corrected chi connectivity index (χ3v) is 6.51. The van der Waals surface area contributed by atoms with Gasteiger partial charge in [-0.3, -0.25) is 14.6 Å². The van der Waals surface area contributed by atoms with Crippen LogP contribution in [-0.2, 0) is 4.79 Å². The minimum atomic E-state index is -0.445. The van der Waals surface area contributed by atoms with Gasteiger partial charge in [0.25, 0.3) is 5.91 Å². The van der Waals surface area contributed by atoms with Gasteiger partial charge in [-0.1, -0.05) is 5.16 Å². The third-order valence-electron chi connectivity index (χ3n) is 6.51. The molecule has 5 heterocycles. The maximum atomic E-state index is 13.5. The van der Waals surface area contributed by atoms with Crippen LogP contribution >= 0.6 is 0 Å². The summed E-state index contributed by atoms with van der Waals surface area (Å²) in [5, 5.41) is 4.10. The van der Waals surface area contributed by atoms with Crippen molar-refractivity contribution in [1.82, 2.24) is 24.9 Å². The summed E-state index contributed by atoms with van der Waals surface area (Å²) in [5.74, 6) is 2.17. The third kappa shape index (κ3) is 4.15. The predicted octanol–water partition coefficient (Wildman–Crippen LogP) is 3.35. The van der Waals surface area contributed by atoms with E-state index in [2.05, 4.69) is 15.1 Å². The van der Waals surface area contributed by atoms with Crippen molar-refractivity contribution < 1.29 is 18.5 Å². The summed E-state index contributed by atoms with van der Waals surface area (Å²) in [4.78, 5) is 38.8. The number of hydrogen-bond donors (Lipinski definition) is 0. The number of carbonyl (C=O) groups excluding carboxylic acids is 2. The van der Waals surface area contributed by atoms with Crippen molar-refractivity contribution in [2.24, 2.45) is 0 Å². The van der Waals surface area contributed by atoms with Crippen molar-refractivity contribution in [2.75, 3.05) is 19.6 Å². The largest absolute Gasteiger partial charge is 0.466 e. The second-order valence-electron chi connectivity index (χ2n) is 8.80. The standard InChI is InChI=1S/C24H27N5O4/c1-15-12-19(16(2)32-15)23(30)29-11-5-8-20(29)24(31)28-10-4-7-18(14-28)22-26-21(27-33-22)17-6-3-9-25-13-17/h3,6,9,12-13,18,20H,4-5,7-8,10-11,14H2,1-2H3/t18-,20+/m1/s1. The lowest BCUT2D eigenvalue weighted by Gasteiger charge is -2.35. The number of aromatic nitrogens is 3. The summed E-state index contributed by atoms with van der Waals surface area (Å²) in [6, 6.07) is 5.02. The highest BCUT2D eigenvalue weighted by Gasteiger charge is 2.39. The molecule has 0 aromatic carbocycles. The Morgan fingerprint density at radius 1 is 1.15 bits per heavy atom. The summed E-state index contributed by atoms with van der Waals surface area (Å²) in [6.07, 6.45) is 6.60. The average molecular weight is 450 g/mol. The fourth-order valence-corrected chi connectivity index (χ4v) is 4.87. The van der Waals surface area contributed by atoms with E-state index >= 15 is 0 Å². The molecule has 5 rings (SSSR count). The van der Waals surface area contributed by atoms with Crippen LogP contribution in [0.1, 0.15) is 59.4 Å². The number of aryl methyl sites for hydroxylation is 2. The summed E-state index contributed by atoms with van der Waals surface area (Å²) < 4.78 is 11.1. The maximum absolute atomic E-state index is 13.5. The zero-order chi connectivity index (χ0) is 22.9. The highest BCUT2D eigenvalue weighted by molar-refractivity contribution is 5.98. The molecule has 9 nitrogen and oxygen atoms in total. The Morgan fingerprint density at radius 2 is 2.00 bits per heavy atom. The molecule has 0 aliphatic carbocycles. The summed E-state index contributed by atoms with van der Waals surface area (Å²) >= 11 is 0. The molecule has 2 saturated heterocycles. The molecule has 2 atom stereocenters. The first-order chi connectivity index (χ1) is 16.0. The number of piperidine rings is 1. The van der Waals surface area contributed by atoms with Gasteiger partial charge in [0.1, 0.15) is 17.6 Å². The number of pyridine rings is 1. The molecule has 0 unspecified atom stereocenters. The van der Waals surface area contributed by atoms with Crippen LogP contribution in [0.25, 0.3) is 11.4 Å². The second kappa shape index (κ2) is 8.80. The topological polar surface area (TPSA) is 106 Å². The summed E-state index contributed by atoms with van der Waals surface area (Å²) in [6.45, 7) is 5.36. The minimum Gasteiger partial charge on any atom is -0.466 e. The fourth-order valence-electron chi connectivity index (χ4n) is 4.87. The van der Waals surface area contributed by atoms with Crippen molar-refractivity contribution >= 4 is 11.8 Å². The van der Waals surface area contributed by atoms with Crippen LogP contribution in [0, 0.1) is 13.8 Å². The van der Waals surface area contributed by atoms with E-state index in [-0.39, 0.29) is 17.7 Å². The molecule has 0 radical (unpaired) electrons. The van der Waals surface area contributed by atoms with Crippen LogP contribution < -0.4 is 0 Å². The van der Waals surface area contributed by atoms with E-state index in [4.69, 9.17) is 8.94 Å². The second-order valence-corrected chi connectivity index (χ2v) is 8.80. The Bertz CT molecular complexity index is 1150. The summed E-state index contributed by atoms with van der Waals surface area (Å²) in [7, 11) is 0. The van der Waals surface area contributed by atoms with Crippen LogP contribution in [0.4, 0.5) is 0 Å². The molecule has 2 amide bonds. The zero-order valence-electron chi connectivity index (χ0n) is 18.9. The molecule has 33 heavy (non-hydrogen) atoms. The van der Waals surface area contributed by atoms with Gasteiger partial charge < -0.3 is 18.7 Å². The molecular formula is C24H27N5O4. The van der Waals surface area contributed by atoms with Crippen LogP contribution in [0.3, 0.4) is 0 Å². The van der Waals surface area contributed by atoms with Gasteiger partial charge in [0.15, 0.2) is 0 Å². The van der Waals surface area contributed by atoms with E-state index < -0.39 is 6.04 Å². The normalized spacial score (nSPS) is 20.9. The number of rotatable bonds is 4. The van der Waals surface area contributed by atoms with Gasteiger partial charge >= 0.3 is 0 Å². The molecule has 3 aromatic rings. The predicted molar refractivity (Wildman–Crippen MR) is 118 cm³/mol. The number of furan rings is 1. The van der Waals surface area contributed by atoms with Crippen molar-refractivity contribution in [3.05, 3.63) is 53.6 Å². The quantitative estimate of drug-likeness (QED) is 0.601. The molecule has 0 N–H and O–H groups in total. The Morgan fingerprint density at radius 3 is 2.76 bits per heavy atom. The van der Waals surface area contributed by atoms with Gasteiger partial charge in [0.05, 0.1) is 11.5 Å². The van der Waals surface area contributed by atoms with Crippen molar-refractivity contribution in [2.45, 2.75) is 51.5 Å². The van der Waals surface area contributed by atoms with E-state index in [1.165, 1.54) is 0 Å². The fraction of sp³-hybridized carbons (Fsp3) is 0.458. The highest BCUT2D eigenvalue weighted by Crippen LogP contribution is 2.30. The van der Waals surface area contributed by atoms with Gasteiger partial charge in [-0.05, 0) is 57.7 Å². The van der Waals surface area contributed by atoms with Crippen LogP contribution in [0.5, 0.6) is 0 Å². The van der Waals surface area contributed by atoms with Gasteiger partial charge in [-0.2, -0.15) is 4.98 Å².